The molecule has 0 radical (unpaired) electrons. The lowest BCUT2D eigenvalue weighted by molar-refractivity contribution is 0.565. The third kappa shape index (κ3) is 4.17. The lowest BCUT2D eigenvalue weighted by Crippen LogP contribution is -2.01. The average Bonchev–Trinajstić information content (AvgIpc) is 2.17. The van der Waals surface area contributed by atoms with E-state index in [0.29, 0.717) is 12.0 Å². The van der Waals surface area contributed by atoms with Crippen LogP contribution in [0.15, 0.2) is 18.2 Å². The van der Waals surface area contributed by atoms with Crippen LogP contribution in [0.1, 0.15) is 31.7 Å². The van der Waals surface area contributed by atoms with Crippen molar-refractivity contribution in [3.05, 3.63) is 35.4 Å². The number of benzene rings is 1. The summed E-state index contributed by atoms with van der Waals surface area (Å²) in [6, 6.07) is 3.68. The molecule has 0 nitrogen and oxygen atoms in total. The summed E-state index contributed by atoms with van der Waals surface area (Å²) in [6.45, 7) is 2.06. The molecule has 0 amide bonds. The van der Waals surface area contributed by atoms with E-state index in [9.17, 15) is 8.78 Å². The first-order chi connectivity index (χ1) is 7.13. The van der Waals surface area contributed by atoms with Gasteiger partial charge in [0.05, 0.1) is 0 Å². The molecule has 0 bridgehead atoms. The maximum absolute atomic E-state index is 13.2. The molecule has 1 unspecified atom stereocenters. The zero-order chi connectivity index (χ0) is 11.3. The largest absolute Gasteiger partial charge is 0.207 e. The summed E-state index contributed by atoms with van der Waals surface area (Å²) in [4.78, 5) is 0. The monoisotopic (exact) mass is 232 g/mol. The van der Waals surface area contributed by atoms with E-state index >= 15 is 0 Å². The highest BCUT2D eigenvalue weighted by atomic mass is 35.5. The Bertz CT molecular complexity index is 312. The lowest BCUT2D eigenvalue weighted by Gasteiger charge is -2.08. The predicted molar refractivity (Wildman–Crippen MR) is 59.2 cm³/mol. The van der Waals surface area contributed by atoms with Crippen molar-refractivity contribution in [1.82, 2.24) is 0 Å². The van der Waals surface area contributed by atoms with Gasteiger partial charge in [-0.15, -0.1) is 11.6 Å². The quantitative estimate of drug-likeness (QED) is 0.664. The van der Waals surface area contributed by atoms with Crippen LogP contribution < -0.4 is 0 Å². The van der Waals surface area contributed by atoms with E-state index in [4.69, 9.17) is 11.6 Å². The van der Waals surface area contributed by atoms with Gasteiger partial charge in [-0.1, -0.05) is 19.4 Å². The second-order valence-electron chi connectivity index (χ2n) is 3.66. The first-order valence-electron chi connectivity index (χ1n) is 5.21. The lowest BCUT2D eigenvalue weighted by atomic mass is 10.1. The van der Waals surface area contributed by atoms with Crippen LogP contribution in [-0.2, 0) is 6.42 Å². The maximum atomic E-state index is 13.2. The average molecular weight is 233 g/mol. The number of hydrogen-bond donors (Lipinski definition) is 0. The van der Waals surface area contributed by atoms with Gasteiger partial charge >= 0.3 is 0 Å². The van der Waals surface area contributed by atoms with Crippen LogP contribution in [0, 0.1) is 11.6 Å². The summed E-state index contributed by atoms with van der Waals surface area (Å²) in [5, 5.41) is 0.0828. The van der Waals surface area contributed by atoms with E-state index in [2.05, 4.69) is 6.92 Å². The van der Waals surface area contributed by atoms with Crippen LogP contribution in [0.25, 0.3) is 0 Å². The fourth-order valence-electron chi connectivity index (χ4n) is 1.49. The third-order valence-electron chi connectivity index (χ3n) is 2.34. The van der Waals surface area contributed by atoms with Crippen molar-refractivity contribution in [3.63, 3.8) is 0 Å². The number of rotatable bonds is 5. The third-order valence-corrected chi connectivity index (χ3v) is 2.78. The van der Waals surface area contributed by atoms with Crippen molar-refractivity contribution >= 4 is 11.6 Å². The van der Waals surface area contributed by atoms with Gasteiger partial charge in [-0.2, -0.15) is 0 Å². The minimum absolute atomic E-state index is 0.0828. The molecule has 0 fully saturated rings. The van der Waals surface area contributed by atoms with Crippen molar-refractivity contribution in [2.45, 2.75) is 38.0 Å². The van der Waals surface area contributed by atoms with Crippen LogP contribution >= 0.6 is 11.6 Å². The Morgan fingerprint density at radius 2 is 2.00 bits per heavy atom. The Morgan fingerprint density at radius 3 is 2.60 bits per heavy atom. The molecule has 1 aromatic carbocycles. The molecule has 0 saturated carbocycles. The van der Waals surface area contributed by atoms with Gasteiger partial charge in [0.15, 0.2) is 0 Å². The van der Waals surface area contributed by atoms with E-state index in [-0.39, 0.29) is 5.38 Å². The van der Waals surface area contributed by atoms with E-state index in [1.54, 1.807) is 0 Å². The Morgan fingerprint density at radius 1 is 1.27 bits per heavy atom. The highest BCUT2D eigenvalue weighted by Crippen LogP contribution is 2.16. The number of aryl methyl sites for hydroxylation is 1. The predicted octanol–water partition coefficient (Wildman–Crippen LogP) is 4.30. The molecular weight excluding hydrogens is 218 g/mol. The molecule has 15 heavy (non-hydrogen) atoms. The molecule has 0 aliphatic rings. The van der Waals surface area contributed by atoms with Gasteiger partial charge < -0.3 is 0 Å². The van der Waals surface area contributed by atoms with Crippen LogP contribution in [0.3, 0.4) is 0 Å². The van der Waals surface area contributed by atoms with Crippen molar-refractivity contribution in [2.24, 2.45) is 0 Å². The van der Waals surface area contributed by atoms with Crippen LogP contribution in [-0.4, -0.2) is 5.38 Å². The van der Waals surface area contributed by atoms with E-state index in [1.807, 2.05) is 0 Å². The van der Waals surface area contributed by atoms with Crippen LogP contribution in [0.4, 0.5) is 8.78 Å². The minimum atomic E-state index is -0.535. The summed E-state index contributed by atoms with van der Waals surface area (Å²) in [5.41, 5.74) is 0.540. The molecule has 0 N–H and O–H groups in total. The SMILES string of the molecule is CCCC(Cl)CCc1ccc(F)cc1F. The molecule has 84 valence electrons. The smallest absolute Gasteiger partial charge is 0.129 e. The molecule has 0 heterocycles. The molecule has 0 aliphatic carbocycles. The molecule has 1 rings (SSSR count). The Balaban J connectivity index is 2.50. The van der Waals surface area contributed by atoms with Gasteiger partial charge in [-0.25, -0.2) is 8.78 Å². The first-order valence-corrected chi connectivity index (χ1v) is 5.65. The zero-order valence-electron chi connectivity index (χ0n) is 8.77. The zero-order valence-corrected chi connectivity index (χ0v) is 9.53. The summed E-state index contributed by atoms with van der Waals surface area (Å²) in [7, 11) is 0. The normalized spacial score (nSPS) is 12.8. The topological polar surface area (TPSA) is 0 Å². The first kappa shape index (κ1) is 12.4. The highest BCUT2D eigenvalue weighted by Gasteiger charge is 2.07. The van der Waals surface area contributed by atoms with Gasteiger partial charge in [-0.05, 0) is 30.9 Å². The minimum Gasteiger partial charge on any atom is -0.207 e. The molecule has 0 spiro atoms. The van der Waals surface area contributed by atoms with Gasteiger partial charge in [0.2, 0.25) is 0 Å². The van der Waals surface area contributed by atoms with Crippen LogP contribution in [0.5, 0.6) is 0 Å². The fourth-order valence-corrected chi connectivity index (χ4v) is 1.82. The van der Waals surface area contributed by atoms with Crippen molar-refractivity contribution < 1.29 is 8.78 Å². The number of hydrogen-bond acceptors (Lipinski definition) is 0. The van der Waals surface area contributed by atoms with E-state index in [1.165, 1.54) is 12.1 Å². The summed E-state index contributed by atoms with van der Waals surface area (Å²) in [6.07, 6.45) is 3.27. The molecule has 3 heteroatoms. The Kier molecular flexibility index (Phi) is 5.03. The summed E-state index contributed by atoms with van der Waals surface area (Å²) < 4.78 is 25.8. The molecule has 1 aromatic rings. The fraction of sp³-hybridized carbons (Fsp3) is 0.500. The molecule has 0 aromatic heterocycles. The van der Waals surface area contributed by atoms with E-state index < -0.39 is 11.6 Å². The van der Waals surface area contributed by atoms with Crippen molar-refractivity contribution in [2.75, 3.05) is 0 Å². The molecular formula is C12H15ClF2. The van der Waals surface area contributed by atoms with Crippen molar-refractivity contribution in [3.8, 4) is 0 Å². The van der Waals surface area contributed by atoms with Gasteiger partial charge in [0.25, 0.3) is 0 Å². The second kappa shape index (κ2) is 6.06. The Labute approximate surface area is 94.3 Å². The van der Waals surface area contributed by atoms with Crippen LogP contribution in [0.2, 0.25) is 0 Å². The second-order valence-corrected chi connectivity index (χ2v) is 4.28. The number of halogens is 3. The van der Waals surface area contributed by atoms with Crippen molar-refractivity contribution in [1.29, 1.82) is 0 Å². The molecule has 1 atom stereocenters. The standard InChI is InChI=1S/C12H15ClF2/c1-2-3-10(13)6-4-9-5-7-11(14)8-12(9)15/h5,7-8,10H,2-4,6H2,1H3. The van der Waals surface area contributed by atoms with E-state index in [0.717, 1.165) is 25.3 Å². The summed E-state index contributed by atoms with van der Waals surface area (Å²) >= 11 is 6.02. The Hall–Kier alpha value is -0.630. The highest BCUT2D eigenvalue weighted by molar-refractivity contribution is 6.20. The maximum Gasteiger partial charge on any atom is 0.129 e. The number of alkyl halides is 1. The van der Waals surface area contributed by atoms with Gasteiger partial charge in [0.1, 0.15) is 11.6 Å². The van der Waals surface area contributed by atoms with Gasteiger partial charge in [0, 0.05) is 11.4 Å². The molecule has 0 saturated heterocycles. The molecule has 0 aliphatic heterocycles. The van der Waals surface area contributed by atoms with Gasteiger partial charge in [-0.3, -0.25) is 0 Å². The summed E-state index contributed by atoms with van der Waals surface area (Å²) in [5.74, 6) is -1.01.